The van der Waals surface area contributed by atoms with Gasteiger partial charge in [0.2, 0.25) is 0 Å². The van der Waals surface area contributed by atoms with E-state index in [-0.39, 0.29) is 12.4 Å². The normalized spacial score (nSPS) is 11.5. The van der Waals surface area contributed by atoms with Crippen LogP contribution in [0.5, 0.6) is 5.75 Å². The zero-order valence-corrected chi connectivity index (χ0v) is 12.3. The molecule has 0 spiro atoms. The van der Waals surface area contributed by atoms with Gasteiger partial charge >= 0.3 is 0 Å². The highest BCUT2D eigenvalue weighted by molar-refractivity contribution is 6.16. The van der Waals surface area contributed by atoms with Gasteiger partial charge in [-0.3, -0.25) is 0 Å². The van der Waals surface area contributed by atoms with Crippen LogP contribution in [0.4, 0.5) is 0 Å². The average molecular weight is 288 g/mol. The fourth-order valence-corrected chi connectivity index (χ4v) is 3.47. The van der Waals surface area contributed by atoms with Crippen molar-refractivity contribution < 1.29 is 10.2 Å². The second kappa shape index (κ2) is 4.72. The predicted molar refractivity (Wildman–Crippen MR) is 91.3 cm³/mol. The SMILES string of the molecule is Cc1c2ccccc2c(CO)c2c1ccc1cc(O)ccc12. The maximum atomic E-state index is 9.99. The van der Waals surface area contributed by atoms with Gasteiger partial charge in [-0.25, -0.2) is 0 Å². The molecule has 0 saturated carbocycles. The first-order valence-electron chi connectivity index (χ1n) is 7.37. The monoisotopic (exact) mass is 288 g/mol. The van der Waals surface area contributed by atoms with Crippen molar-refractivity contribution in [1.29, 1.82) is 0 Å². The third-order valence-corrected chi connectivity index (χ3v) is 4.52. The minimum atomic E-state index is -0.00270. The van der Waals surface area contributed by atoms with Gasteiger partial charge in [0.05, 0.1) is 6.61 Å². The van der Waals surface area contributed by atoms with Crippen LogP contribution < -0.4 is 0 Å². The largest absolute Gasteiger partial charge is 0.508 e. The van der Waals surface area contributed by atoms with Crippen LogP contribution in [0, 0.1) is 6.92 Å². The molecule has 2 nitrogen and oxygen atoms in total. The Labute approximate surface area is 128 Å². The van der Waals surface area contributed by atoms with Crippen LogP contribution in [-0.2, 0) is 6.61 Å². The highest BCUT2D eigenvalue weighted by Crippen LogP contribution is 2.37. The molecule has 0 amide bonds. The first kappa shape index (κ1) is 13.1. The molecule has 108 valence electrons. The molecule has 0 saturated heterocycles. The van der Waals surface area contributed by atoms with E-state index < -0.39 is 0 Å². The van der Waals surface area contributed by atoms with Gasteiger partial charge < -0.3 is 10.2 Å². The zero-order valence-electron chi connectivity index (χ0n) is 12.3. The summed E-state index contributed by atoms with van der Waals surface area (Å²) < 4.78 is 0. The van der Waals surface area contributed by atoms with Crippen molar-refractivity contribution >= 4 is 32.3 Å². The molecule has 4 aromatic rings. The Morgan fingerprint density at radius 3 is 2.32 bits per heavy atom. The summed E-state index contributed by atoms with van der Waals surface area (Å²) in [7, 11) is 0. The summed E-state index contributed by atoms with van der Waals surface area (Å²) >= 11 is 0. The molecule has 4 aromatic carbocycles. The summed E-state index contributed by atoms with van der Waals surface area (Å²) in [6, 6.07) is 17.7. The summed E-state index contributed by atoms with van der Waals surface area (Å²) in [6.45, 7) is 2.12. The lowest BCUT2D eigenvalue weighted by molar-refractivity contribution is 0.285. The summed E-state index contributed by atoms with van der Waals surface area (Å²) in [6.07, 6.45) is 0. The molecule has 0 aliphatic heterocycles. The summed E-state index contributed by atoms with van der Waals surface area (Å²) in [5.41, 5.74) is 2.17. The van der Waals surface area contributed by atoms with Gasteiger partial charge in [0.15, 0.2) is 0 Å². The number of benzene rings is 4. The molecule has 0 aliphatic rings. The first-order chi connectivity index (χ1) is 10.7. The van der Waals surface area contributed by atoms with Crippen LogP contribution in [0.1, 0.15) is 11.1 Å². The number of aromatic hydroxyl groups is 1. The number of hydrogen-bond donors (Lipinski definition) is 2. The minimum absolute atomic E-state index is 0.00270. The Kier molecular flexibility index (Phi) is 2.81. The van der Waals surface area contributed by atoms with Gasteiger partial charge in [0.1, 0.15) is 5.75 Å². The van der Waals surface area contributed by atoms with Crippen LogP contribution in [0.15, 0.2) is 54.6 Å². The number of hydrogen-bond acceptors (Lipinski definition) is 2. The lowest BCUT2D eigenvalue weighted by atomic mass is 9.89. The highest BCUT2D eigenvalue weighted by atomic mass is 16.3. The van der Waals surface area contributed by atoms with Gasteiger partial charge in [-0.05, 0) is 62.5 Å². The van der Waals surface area contributed by atoms with E-state index in [2.05, 4.69) is 25.1 Å². The number of aliphatic hydroxyl groups is 1. The molecule has 0 heterocycles. The molecular weight excluding hydrogens is 272 g/mol. The quantitative estimate of drug-likeness (QED) is 0.395. The molecule has 0 fully saturated rings. The van der Waals surface area contributed by atoms with Crippen molar-refractivity contribution in [2.24, 2.45) is 0 Å². The maximum absolute atomic E-state index is 9.99. The maximum Gasteiger partial charge on any atom is 0.116 e. The van der Waals surface area contributed by atoms with Crippen molar-refractivity contribution in [3.05, 3.63) is 65.7 Å². The lowest BCUT2D eigenvalue weighted by Crippen LogP contribution is -1.93. The number of aryl methyl sites for hydroxylation is 1. The van der Waals surface area contributed by atoms with Crippen molar-refractivity contribution in [3.63, 3.8) is 0 Å². The van der Waals surface area contributed by atoms with Crippen LogP contribution in [0.25, 0.3) is 32.3 Å². The summed E-state index contributed by atoms with van der Waals surface area (Å²) in [5, 5.41) is 26.2. The third-order valence-electron chi connectivity index (χ3n) is 4.52. The van der Waals surface area contributed by atoms with E-state index in [1.807, 2.05) is 24.3 Å². The summed E-state index contributed by atoms with van der Waals surface area (Å²) in [5.74, 6) is 0.259. The van der Waals surface area contributed by atoms with E-state index in [1.54, 1.807) is 12.1 Å². The van der Waals surface area contributed by atoms with E-state index >= 15 is 0 Å². The zero-order chi connectivity index (χ0) is 15.3. The highest BCUT2D eigenvalue weighted by Gasteiger charge is 2.13. The van der Waals surface area contributed by atoms with E-state index in [1.165, 1.54) is 10.9 Å². The van der Waals surface area contributed by atoms with Crippen molar-refractivity contribution in [2.75, 3.05) is 0 Å². The molecule has 0 bridgehead atoms. The van der Waals surface area contributed by atoms with Gasteiger partial charge in [0.25, 0.3) is 0 Å². The van der Waals surface area contributed by atoms with E-state index in [0.717, 1.165) is 32.5 Å². The molecule has 2 heteroatoms. The van der Waals surface area contributed by atoms with E-state index in [0.29, 0.717) is 0 Å². The Balaban J connectivity index is 2.34. The van der Waals surface area contributed by atoms with Crippen molar-refractivity contribution in [2.45, 2.75) is 13.5 Å². The van der Waals surface area contributed by atoms with E-state index in [9.17, 15) is 10.2 Å². The molecule has 0 radical (unpaired) electrons. The molecule has 0 atom stereocenters. The van der Waals surface area contributed by atoms with Gasteiger partial charge in [0, 0.05) is 0 Å². The fraction of sp³-hybridized carbons (Fsp3) is 0.100. The first-order valence-corrected chi connectivity index (χ1v) is 7.37. The van der Waals surface area contributed by atoms with E-state index in [4.69, 9.17) is 0 Å². The predicted octanol–water partition coefficient (Wildman–Crippen LogP) is 4.65. The van der Waals surface area contributed by atoms with Crippen LogP contribution in [-0.4, -0.2) is 10.2 Å². The Morgan fingerprint density at radius 1 is 0.818 bits per heavy atom. The molecule has 0 aromatic heterocycles. The molecular formula is C20H16O2. The lowest BCUT2D eigenvalue weighted by Gasteiger charge is -2.15. The minimum Gasteiger partial charge on any atom is -0.508 e. The Morgan fingerprint density at radius 2 is 1.55 bits per heavy atom. The second-order valence-electron chi connectivity index (χ2n) is 5.70. The number of aliphatic hydroxyl groups excluding tert-OH is 1. The smallest absolute Gasteiger partial charge is 0.116 e. The third kappa shape index (κ3) is 1.71. The second-order valence-corrected chi connectivity index (χ2v) is 5.70. The molecule has 4 rings (SSSR count). The summed E-state index contributed by atoms with van der Waals surface area (Å²) in [4.78, 5) is 0. The van der Waals surface area contributed by atoms with Gasteiger partial charge in [-0.1, -0.05) is 42.5 Å². The van der Waals surface area contributed by atoms with Crippen LogP contribution in [0.2, 0.25) is 0 Å². The molecule has 0 unspecified atom stereocenters. The Hall–Kier alpha value is -2.58. The number of rotatable bonds is 1. The molecule has 22 heavy (non-hydrogen) atoms. The molecule has 0 aliphatic carbocycles. The van der Waals surface area contributed by atoms with Crippen molar-refractivity contribution in [1.82, 2.24) is 0 Å². The number of phenolic OH excluding ortho intramolecular Hbond substituents is 1. The Bertz CT molecular complexity index is 1030. The number of fused-ring (bicyclic) bond motifs is 4. The van der Waals surface area contributed by atoms with Crippen LogP contribution >= 0.6 is 0 Å². The average Bonchev–Trinajstić information content (AvgIpc) is 2.55. The molecule has 2 N–H and O–H groups in total. The fourth-order valence-electron chi connectivity index (χ4n) is 3.47. The van der Waals surface area contributed by atoms with Crippen LogP contribution in [0.3, 0.4) is 0 Å². The van der Waals surface area contributed by atoms with Gasteiger partial charge in [-0.15, -0.1) is 0 Å². The number of phenols is 1. The van der Waals surface area contributed by atoms with Crippen molar-refractivity contribution in [3.8, 4) is 5.75 Å². The topological polar surface area (TPSA) is 40.5 Å². The standard InChI is InChI=1S/C20H16O2/c1-12-15-4-2-3-5-18(15)19(11-21)20-16(12)8-6-13-10-14(22)7-9-17(13)20/h2-10,21-22H,11H2,1H3. The van der Waals surface area contributed by atoms with Gasteiger partial charge in [-0.2, -0.15) is 0 Å².